The molecule has 0 saturated carbocycles. The van der Waals surface area contributed by atoms with Gasteiger partial charge in [-0.2, -0.15) is 11.8 Å². The maximum Gasteiger partial charge on any atom is 0.329 e. The number of rotatable bonds is 9. The third-order valence-corrected chi connectivity index (χ3v) is 4.92. The molecule has 0 saturated heterocycles. The molecule has 0 bridgehead atoms. The molecule has 2 atom stereocenters. The summed E-state index contributed by atoms with van der Waals surface area (Å²) in [6, 6.07) is 11.2. The van der Waals surface area contributed by atoms with Gasteiger partial charge in [-0.05, 0) is 68.7 Å². The predicted octanol–water partition coefficient (Wildman–Crippen LogP) is 3.80. The van der Waals surface area contributed by atoms with Crippen LogP contribution in [0.25, 0.3) is 0 Å². The molecule has 2 aromatic carbocycles. The molecule has 1 amide bonds. The summed E-state index contributed by atoms with van der Waals surface area (Å²) in [6.45, 7) is 3.33. The Morgan fingerprint density at radius 2 is 1.79 bits per heavy atom. The van der Waals surface area contributed by atoms with Gasteiger partial charge in [0.15, 0.2) is 6.10 Å². The summed E-state index contributed by atoms with van der Waals surface area (Å²) in [5.74, 6) is -1.32. The highest BCUT2D eigenvalue weighted by Crippen LogP contribution is 2.12. The molecule has 2 rings (SSSR count). The fraction of sp³-hybridized carbons (Fsp3) is 0.318. The van der Waals surface area contributed by atoms with E-state index in [1.807, 2.05) is 19.2 Å². The van der Waals surface area contributed by atoms with Crippen LogP contribution < -0.4 is 5.32 Å². The predicted molar refractivity (Wildman–Crippen MR) is 112 cm³/mol. The lowest BCUT2D eigenvalue weighted by Crippen LogP contribution is -2.44. The number of thioether (sulfide) groups is 1. The van der Waals surface area contributed by atoms with Crippen LogP contribution in [0.2, 0.25) is 0 Å². The SMILES string of the molecule is CSCC[C@@H](NC(=O)c1cccc(C)c1)C(=O)O[C@@H](C)C(=O)c1ccc(F)cc1. The summed E-state index contributed by atoms with van der Waals surface area (Å²) >= 11 is 1.53. The number of carbonyl (C=O) groups is 3. The van der Waals surface area contributed by atoms with E-state index in [1.165, 1.54) is 43.0 Å². The van der Waals surface area contributed by atoms with Crippen LogP contribution in [0.5, 0.6) is 0 Å². The van der Waals surface area contributed by atoms with Crippen molar-refractivity contribution in [3.8, 4) is 0 Å². The first-order valence-corrected chi connectivity index (χ1v) is 10.6. The molecular weight excluding hydrogens is 393 g/mol. The van der Waals surface area contributed by atoms with Crippen LogP contribution in [-0.2, 0) is 9.53 Å². The van der Waals surface area contributed by atoms with Crippen molar-refractivity contribution in [2.45, 2.75) is 32.4 Å². The van der Waals surface area contributed by atoms with Crippen molar-refractivity contribution in [2.75, 3.05) is 12.0 Å². The van der Waals surface area contributed by atoms with E-state index in [1.54, 1.807) is 18.2 Å². The Kier molecular flexibility index (Phi) is 8.39. The Labute approximate surface area is 174 Å². The third-order valence-electron chi connectivity index (χ3n) is 4.27. The van der Waals surface area contributed by atoms with Crippen LogP contribution in [0.15, 0.2) is 48.5 Å². The van der Waals surface area contributed by atoms with E-state index in [2.05, 4.69) is 5.32 Å². The molecule has 0 unspecified atom stereocenters. The third kappa shape index (κ3) is 6.71. The quantitative estimate of drug-likeness (QED) is 0.496. The standard InChI is InChI=1S/C22H24FNO4S/c1-14-5-4-6-17(13-14)21(26)24-19(11-12-29-3)22(27)28-15(2)20(25)16-7-9-18(23)10-8-16/h4-10,13,15,19H,11-12H2,1-3H3,(H,24,26)/t15-,19+/m0/s1. The molecular formula is C22H24FNO4S. The zero-order chi connectivity index (χ0) is 21.4. The smallest absolute Gasteiger partial charge is 0.329 e. The number of aryl methyl sites for hydroxylation is 1. The van der Waals surface area contributed by atoms with Crippen LogP contribution >= 0.6 is 11.8 Å². The highest BCUT2D eigenvalue weighted by Gasteiger charge is 2.27. The van der Waals surface area contributed by atoms with Gasteiger partial charge in [0.05, 0.1) is 0 Å². The second-order valence-corrected chi connectivity index (χ2v) is 7.61. The maximum atomic E-state index is 13.0. The second kappa shape index (κ2) is 10.8. The lowest BCUT2D eigenvalue weighted by Gasteiger charge is -2.20. The number of esters is 1. The van der Waals surface area contributed by atoms with Crippen molar-refractivity contribution in [3.05, 3.63) is 71.0 Å². The number of hydrogen-bond acceptors (Lipinski definition) is 5. The van der Waals surface area contributed by atoms with Gasteiger partial charge in [0.2, 0.25) is 5.78 Å². The molecule has 0 aliphatic carbocycles. The molecule has 1 N–H and O–H groups in total. The summed E-state index contributed by atoms with van der Waals surface area (Å²) in [7, 11) is 0. The van der Waals surface area contributed by atoms with Crippen LogP contribution in [-0.4, -0.2) is 41.8 Å². The molecule has 0 heterocycles. The number of carbonyl (C=O) groups excluding carboxylic acids is 3. The fourth-order valence-corrected chi connectivity index (χ4v) is 3.14. The number of ketones is 1. The van der Waals surface area contributed by atoms with Gasteiger partial charge in [-0.15, -0.1) is 0 Å². The Bertz CT molecular complexity index is 869. The fourth-order valence-electron chi connectivity index (χ4n) is 2.67. The molecule has 0 fully saturated rings. The van der Waals surface area contributed by atoms with E-state index in [0.717, 1.165) is 5.56 Å². The van der Waals surface area contributed by atoms with Gasteiger partial charge >= 0.3 is 5.97 Å². The Hall–Kier alpha value is -2.67. The number of hydrogen-bond donors (Lipinski definition) is 1. The van der Waals surface area contributed by atoms with E-state index in [4.69, 9.17) is 4.74 Å². The zero-order valence-electron chi connectivity index (χ0n) is 16.6. The molecule has 0 aliphatic heterocycles. The van der Waals surface area contributed by atoms with Gasteiger partial charge < -0.3 is 10.1 Å². The molecule has 29 heavy (non-hydrogen) atoms. The van der Waals surface area contributed by atoms with Gasteiger partial charge in [0.25, 0.3) is 5.91 Å². The minimum absolute atomic E-state index is 0.246. The van der Waals surface area contributed by atoms with Crippen molar-refractivity contribution in [1.29, 1.82) is 0 Å². The maximum absolute atomic E-state index is 13.0. The van der Waals surface area contributed by atoms with Crippen LogP contribution in [0.4, 0.5) is 4.39 Å². The minimum atomic E-state index is -1.05. The number of Topliss-reactive ketones (excluding diaryl/α,β-unsaturated/α-hetero) is 1. The van der Waals surface area contributed by atoms with E-state index in [0.29, 0.717) is 17.7 Å². The highest BCUT2D eigenvalue weighted by atomic mass is 32.2. The van der Waals surface area contributed by atoms with Crippen LogP contribution in [0.1, 0.15) is 39.6 Å². The van der Waals surface area contributed by atoms with Gasteiger partial charge in [-0.3, -0.25) is 9.59 Å². The van der Waals surface area contributed by atoms with Gasteiger partial charge in [0, 0.05) is 11.1 Å². The van der Waals surface area contributed by atoms with Crippen molar-refractivity contribution in [2.24, 2.45) is 0 Å². The van der Waals surface area contributed by atoms with Crippen LogP contribution in [0, 0.1) is 12.7 Å². The largest absolute Gasteiger partial charge is 0.453 e. The molecule has 154 valence electrons. The van der Waals surface area contributed by atoms with Crippen LogP contribution in [0.3, 0.4) is 0 Å². The van der Waals surface area contributed by atoms with Gasteiger partial charge in [-0.1, -0.05) is 17.7 Å². The first-order valence-electron chi connectivity index (χ1n) is 9.18. The first-order chi connectivity index (χ1) is 13.8. The Morgan fingerprint density at radius 3 is 2.41 bits per heavy atom. The topological polar surface area (TPSA) is 72.5 Å². The molecule has 0 aromatic heterocycles. The van der Waals surface area contributed by atoms with Crippen molar-refractivity contribution < 1.29 is 23.5 Å². The van der Waals surface area contributed by atoms with E-state index in [-0.39, 0.29) is 11.5 Å². The number of nitrogens with one attached hydrogen (secondary N) is 1. The van der Waals surface area contributed by atoms with E-state index < -0.39 is 29.7 Å². The lowest BCUT2D eigenvalue weighted by atomic mass is 10.1. The first kappa shape index (κ1) is 22.6. The summed E-state index contributed by atoms with van der Waals surface area (Å²) in [4.78, 5) is 37.6. The number of benzene rings is 2. The van der Waals surface area contributed by atoms with E-state index >= 15 is 0 Å². The van der Waals surface area contributed by atoms with Crippen molar-refractivity contribution in [1.82, 2.24) is 5.32 Å². The summed E-state index contributed by atoms with van der Waals surface area (Å²) in [5.41, 5.74) is 1.62. The number of amides is 1. The monoisotopic (exact) mass is 417 g/mol. The number of halogens is 1. The molecule has 0 aliphatic rings. The average Bonchev–Trinajstić information content (AvgIpc) is 2.70. The molecule has 0 spiro atoms. The highest BCUT2D eigenvalue weighted by molar-refractivity contribution is 7.98. The molecule has 2 aromatic rings. The molecule has 0 radical (unpaired) electrons. The van der Waals surface area contributed by atoms with Crippen molar-refractivity contribution >= 4 is 29.4 Å². The summed E-state index contributed by atoms with van der Waals surface area (Å²) in [6.07, 6.45) is 1.21. The molecule has 5 nitrogen and oxygen atoms in total. The summed E-state index contributed by atoms with van der Waals surface area (Å²) in [5, 5.41) is 2.70. The lowest BCUT2D eigenvalue weighted by molar-refractivity contribution is -0.148. The minimum Gasteiger partial charge on any atom is -0.453 e. The molecule has 7 heteroatoms. The van der Waals surface area contributed by atoms with Crippen molar-refractivity contribution in [3.63, 3.8) is 0 Å². The van der Waals surface area contributed by atoms with Gasteiger partial charge in [-0.25, -0.2) is 9.18 Å². The van der Waals surface area contributed by atoms with E-state index in [9.17, 15) is 18.8 Å². The Morgan fingerprint density at radius 1 is 1.10 bits per heavy atom. The Balaban J connectivity index is 2.06. The second-order valence-electron chi connectivity index (χ2n) is 6.63. The summed E-state index contributed by atoms with van der Waals surface area (Å²) < 4.78 is 18.3. The zero-order valence-corrected chi connectivity index (χ0v) is 17.4. The van der Waals surface area contributed by atoms with Gasteiger partial charge in [0.1, 0.15) is 11.9 Å². The number of ether oxygens (including phenoxy) is 1. The normalized spacial score (nSPS) is 12.7. The average molecular weight is 418 g/mol.